The molecule has 0 fully saturated rings. The van der Waals surface area contributed by atoms with E-state index in [1.807, 2.05) is 24.3 Å². The van der Waals surface area contributed by atoms with Crippen molar-refractivity contribution in [2.75, 3.05) is 11.4 Å². The number of carbonyl (C=O) groups is 1. The molecule has 174 valence electrons. The topological polar surface area (TPSA) is 75.7 Å². The van der Waals surface area contributed by atoms with Crippen LogP contribution in [0.5, 0.6) is 5.75 Å². The molecular weight excluding hydrogens is 456 g/mol. The Hall–Kier alpha value is -2.84. The van der Waals surface area contributed by atoms with Gasteiger partial charge in [-0.15, -0.1) is 11.3 Å². The zero-order valence-corrected chi connectivity index (χ0v) is 20.6. The number of para-hydroxylation sites is 1. The minimum atomic E-state index is -3.62. The lowest BCUT2D eigenvalue weighted by Crippen LogP contribution is -2.44. The van der Waals surface area contributed by atoms with Gasteiger partial charge in [0, 0.05) is 24.6 Å². The Morgan fingerprint density at radius 1 is 1.09 bits per heavy atom. The highest BCUT2D eigenvalue weighted by Gasteiger charge is 2.39. The molecule has 1 N–H and O–H groups in total. The molecule has 33 heavy (non-hydrogen) atoms. The van der Waals surface area contributed by atoms with Gasteiger partial charge in [0.2, 0.25) is 0 Å². The average molecular weight is 485 g/mol. The van der Waals surface area contributed by atoms with Crippen molar-refractivity contribution in [2.45, 2.75) is 49.0 Å². The van der Waals surface area contributed by atoms with E-state index in [1.54, 1.807) is 41.8 Å². The minimum absolute atomic E-state index is 0.163. The first kappa shape index (κ1) is 23.3. The second-order valence-electron chi connectivity index (χ2n) is 8.21. The van der Waals surface area contributed by atoms with E-state index in [2.05, 4.69) is 19.2 Å². The number of nitrogens with zero attached hydrogens (tertiary/aromatic N) is 1. The van der Waals surface area contributed by atoms with E-state index in [0.717, 1.165) is 24.2 Å². The van der Waals surface area contributed by atoms with Gasteiger partial charge in [-0.05, 0) is 54.6 Å². The number of ether oxygens (including phenoxy) is 1. The van der Waals surface area contributed by atoms with Crippen LogP contribution in [-0.4, -0.2) is 27.0 Å². The molecule has 0 unspecified atom stereocenters. The smallest absolute Gasteiger partial charge is 0.273 e. The molecule has 1 aliphatic rings. The molecular formula is C25H28N2O4S2. The molecule has 2 heterocycles. The van der Waals surface area contributed by atoms with Crippen molar-refractivity contribution < 1.29 is 17.9 Å². The second-order valence-corrected chi connectivity index (χ2v) is 11.4. The molecule has 3 aromatic rings. The molecule has 0 radical (unpaired) electrons. The summed E-state index contributed by atoms with van der Waals surface area (Å²) in [5.74, 6) is 0.613. The number of hydrogen-bond donors (Lipinski definition) is 1. The summed E-state index contributed by atoms with van der Waals surface area (Å²) in [4.78, 5) is 13.1. The van der Waals surface area contributed by atoms with Gasteiger partial charge in [-0.2, -0.15) is 0 Å². The number of hydrogen-bond acceptors (Lipinski definition) is 5. The lowest BCUT2D eigenvalue weighted by Gasteiger charge is -2.41. The van der Waals surface area contributed by atoms with Crippen molar-refractivity contribution in [3.05, 3.63) is 77.2 Å². The summed E-state index contributed by atoms with van der Waals surface area (Å²) < 4.78 is 33.3. The molecule has 4 rings (SSSR count). The van der Waals surface area contributed by atoms with E-state index < -0.39 is 10.0 Å². The predicted molar refractivity (Wildman–Crippen MR) is 132 cm³/mol. The molecule has 1 aromatic heterocycles. The number of sulfonamides is 1. The maximum absolute atomic E-state index is 13.1. The van der Waals surface area contributed by atoms with Crippen LogP contribution in [0.1, 0.15) is 55.1 Å². The van der Waals surface area contributed by atoms with Crippen molar-refractivity contribution >= 4 is 33.0 Å². The van der Waals surface area contributed by atoms with E-state index >= 15 is 0 Å². The number of benzene rings is 2. The second kappa shape index (κ2) is 9.19. The monoisotopic (exact) mass is 484 g/mol. The van der Waals surface area contributed by atoms with Gasteiger partial charge in [0.1, 0.15) is 15.6 Å². The Balaban J connectivity index is 1.53. The van der Waals surface area contributed by atoms with Gasteiger partial charge in [-0.25, -0.2) is 8.42 Å². The van der Waals surface area contributed by atoms with E-state index in [1.165, 1.54) is 22.7 Å². The summed E-state index contributed by atoms with van der Waals surface area (Å²) in [6.45, 7) is 4.21. The van der Waals surface area contributed by atoms with Gasteiger partial charge in [-0.3, -0.25) is 9.10 Å². The molecule has 6 nitrogen and oxygen atoms in total. The first-order valence-electron chi connectivity index (χ1n) is 11.0. The number of rotatable bonds is 7. The van der Waals surface area contributed by atoms with Crippen LogP contribution < -0.4 is 14.4 Å². The molecule has 0 spiro atoms. The fourth-order valence-corrected chi connectivity index (χ4v) is 6.53. The largest absolute Gasteiger partial charge is 0.487 e. The maximum Gasteiger partial charge on any atom is 0.273 e. The average Bonchev–Trinajstić information content (AvgIpc) is 3.39. The third-order valence-corrected chi connectivity index (χ3v) is 9.55. The molecule has 2 aromatic carbocycles. The standard InChI is InChI=1S/C25H28N2O4S2/c1-4-25(5-2)17-21(20-9-6-7-10-22(20)31-25)26-24(28)18-12-14-19(15-13-18)27(3)33(29,30)23-11-8-16-32-23/h6-16,21H,4-5,17H2,1-3H3,(H,26,28)/t21-/m0/s1. The molecule has 1 atom stereocenters. The molecule has 0 saturated heterocycles. The van der Waals surface area contributed by atoms with Gasteiger partial charge in [0.05, 0.1) is 11.7 Å². The number of amides is 1. The summed E-state index contributed by atoms with van der Waals surface area (Å²) in [5, 5.41) is 4.90. The lowest BCUT2D eigenvalue weighted by molar-refractivity contribution is 0.0227. The summed E-state index contributed by atoms with van der Waals surface area (Å²) in [5.41, 5.74) is 1.63. The number of anilines is 1. The summed E-state index contributed by atoms with van der Waals surface area (Å²) >= 11 is 1.17. The SMILES string of the molecule is CCC1(CC)C[C@H](NC(=O)c2ccc(N(C)S(=O)(=O)c3cccs3)cc2)c2ccccc2O1. The Morgan fingerprint density at radius 3 is 2.42 bits per heavy atom. The highest BCUT2D eigenvalue weighted by atomic mass is 32.2. The summed E-state index contributed by atoms with van der Waals surface area (Å²) in [6.07, 6.45) is 2.40. The predicted octanol–water partition coefficient (Wildman–Crippen LogP) is 5.39. The van der Waals surface area contributed by atoms with Crippen LogP contribution in [0.25, 0.3) is 0 Å². The highest BCUT2D eigenvalue weighted by molar-refractivity contribution is 7.94. The van der Waals surface area contributed by atoms with Crippen LogP contribution in [0.3, 0.4) is 0 Å². The van der Waals surface area contributed by atoms with Crippen molar-refractivity contribution in [3.8, 4) is 5.75 Å². The fraction of sp³-hybridized carbons (Fsp3) is 0.320. The van der Waals surface area contributed by atoms with Crippen LogP contribution in [0.2, 0.25) is 0 Å². The van der Waals surface area contributed by atoms with Crippen LogP contribution >= 0.6 is 11.3 Å². The van der Waals surface area contributed by atoms with Crippen LogP contribution in [0.4, 0.5) is 5.69 Å². The normalized spacial score (nSPS) is 17.0. The van der Waals surface area contributed by atoms with Crippen molar-refractivity contribution in [1.82, 2.24) is 5.32 Å². The van der Waals surface area contributed by atoms with Crippen LogP contribution in [0.15, 0.2) is 70.3 Å². The molecule has 1 amide bonds. The van der Waals surface area contributed by atoms with E-state index in [-0.39, 0.29) is 21.8 Å². The van der Waals surface area contributed by atoms with Crippen LogP contribution in [-0.2, 0) is 10.0 Å². The lowest BCUT2D eigenvalue weighted by atomic mass is 9.83. The molecule has 1 aliphatic heterocycles. The molecule has 8 heteroatoms. The first-order chi connectivity index (χ1) is 15.8. The van der Waals surface area contributed by atoms with Crippen molar-refractivity contribution in [1.29, 1.82) is 0 Å². The Labute approximate surface area is 199 Å². The maximum atomic E-state index is 13.1. The minimum Gasteiger partial charge on any atom is -0.487 e. The fourth-order valence-electron chi connectivity index (χ4n) is 4.18. The zero-order valence-electron chi connectivity index (χ0n) is 18.9. The zero-order chi connectivity index (χ0) is 23.6. The number of fused-ring (bicyclic) bond motifs is 1. The third-order valence-electron chi connectivity index (χ3n) is 6.39. The Bertz CT molecular complexity index is 1220. The Morgan fingerprint density at radius 2 is 1.79 bits per heavy atom. The first-order valence-corrected chi connectivity index (χ1v) is 13.3. The van der Waals surface area contributed by atoms with E-state index in [9.17, 15) is 13.2 Å². The number of carbonyl (C=O) groups excluding carboxylic acids is 1. The number of nitrogens with one attached hydrogen (secondary N) is 1. The van der Waals surface area contributed by atoms with Crippen molar-refractivity contribution in [3.63, 3.8) is 0 Å². The van der Waals surface area contributed by atoms with Gasteiger partial charge in [0.25, 0.3) is 15.9 Å². The summed E-state index contributed by atoms with van der Waals surface area (Å²) in [7, 11) is -2.11. The molecule has 0 aliphatic carbocycles. The highest BCUT2D eigenvalue weighted by Crippen LogP contribution is 2.42. The van der Waals surface area contributed by atoms with Crippen LogP contribution in [0, 0.1) is 0 Å². The quantitative estimate of drug-likeness (QED) is 0.488. The number of thiophene rings is 1. The Kier molecular flexibility index (Phi) is 6.50. The third kappa shape index (κ3) is 4.50. The summed E-state index contributed by atoms with van der Waals surface area (Å²) in [6, 6.07) is 17.6. The van der Waals surface area contributed by atoms with E-state index in [0.29, 0.717) is 17.7 Å². The van der Waals surface area contributed by atoms with Crippen molar-refractivity contribution in [2.24, 2.45) is 0 Å². The van der Waals surface area contributed by atoms with Gasteiger partial charge < -0.3 is 10.1 Å². The van der Waals surface area contributed by atoms with E-state index in [4.69, 9.17) is 4.74 Å². The van der Waals surface area contributed by atoms with Gasteiger partial charge >= 0.3 is 0 Å². The van der Waals surface area contributed by atoms with Gasteiger partial charge in [-0.1, -0.05) is 38.1 Å². The molecule has 0 bridgehead atoms. The molecule has 0 saturated carbocycles. The van der Waals surface area contributed by atoms with Gasteiger partial charge in [0.15, 0.2) is 0 Å².